The number of pyridine rings is 1. The maximum Gasteiger partial charge on any atom is 0.408 e. The van der Waals surface area contributed by atoms with Gasteiger partial charge in [-0.15, -0.1) is 0 Å². The molecule has 1 aromatic carbocycles. The van der Waals surface area contributed by atoms with Crippen molar-refractivity contribution in [2.24, 2.45) is 0 Å². The van der Waals surface area contributed by atoms with Crippen molar-refractivity contribution >= 4 is 17.7 Å². The number of hydrogen-bond acceptors (Lipinski definition) is 4. The lowest BCUT2D eigenvalue weighted by Gasteiger charge is -2.23. The Hall–Kier alpha value is -3.22. The second kappa shape index (κ2) is 8.43. The smallest absolute Gasteiger partial charge is 0.408 e. The van der Waals surface area contributed by atoms with E-state index in [2.05, 4.69) is 15.6 Å². The highest BCUT2D eigenvalue weighted by molar-refractivity contribution is 5.96. The average Bonchev–Trinajstić information content (AvgIpc) is 2.62. The molecule has 6 nitrogen and oxygen atoms in total. The lowest BCUT2D eigenvalue weighted by Crippen LogP contribution is -2.35. The minimum Gasteiger partial charge on any atom is -0.444 e. The van der Waals surface area contributed by atoms with Crippen LogP contribution in [-0.4, -0.2) is 22.6 Å². The zero-order chi connectivity index (χ0) is 21.0. The first-order valence-corrected chi connectivity index (χ1v) is 9.41. The predicted octanol–water partition coefficient (Wildman–Crippen LogP) is 4.74. The highest BCUT2D eigenvalue weighted by Gasteiger charge is 2.22. The zero-order valence-electron chi connectivity index (χ0n) is 16.7. The van der Waals surface area contributed by atoms with E-state index in [1.807, 2.05) is 12.1 Å². The highest BCUT2D eigenvalue weighted by Crippen LogP contribution is 2.31. The third-order valence-electron chi connectivity index (χ3n) is 4.24. The van der Waals surface area contributed by atoms with Crippen LogP contribution in [0.4, 0.5) is 14.9 Å². The molecule has 2 bridgehead atoms. The number of alkyl carbamates (subject to hydrolysis) is 1. The van der Waals surface area contributed by atoms with E-state index >= 15 is 0 Å². The van der Waals surface area contributed by atoms with Gasteiger partial charge in [-0.25, -0.2) is 9.18 Å². The van der Waals surface area contributed by atoms with Crippen molar-refractivity contribution in [3.05, 3.63) is 60.2 Å². The molecule has 29 heavy (non-hydrogen) atoms. The van der Waals surface area contributed by atoms with Crippen molar-refractivity contribution in [2.45, 2.75) is 45.3 Å². The van der Waals surface area contributed by atoms with Gasteiger partial charge in [0.2, 0.25) is 5.91 Å². The molecule has 0 spiro atoms. The second-order valence-corrected chi connectivity index (χ2v) is 7.82. The normalized spacial score (nSPS) is 16.7. The van der Waals surface area contributed by atoms with E-state index in [-0.39, 0.29) is 12.3 Å². The molecule has 2 aromatic rings. The van der Waals surface area contributed by atoms with Gasteiger partial charge in [0.15, 0.2) is 0 Å². The van der Waals surface area contributed by atoms with Gasteiger partial charge < -0.3 is 15.4 Å². The summed E-state index contributed by atoms with van der Waals surface area (Å²) in [6, 6.07) is 7.40. The predicted molar refractivity (Wildman–Crippen MR) is 109 cm³/mol. The number of rotatable bonds is 1. The number of carbonyl (C=O) groups is 2. The van der Waals surface area contributed by atoms with E-state index in [4.69, 9.17) is 4.74 Å². The molecule has 2 heterocycles. The molecule has 7 heteroatoms. The van der Waals surface area contributed by atoms with Gasteiger partial charge in [0.1, 0.15) is 11.4 Å². The van der Waals surface area contributed by atoms with Crippen molar-refractivity contribution in [1.82, 2.24) is 10.3 Å². The number of amides is 2. The van der Waals surface area contributed by atoms with Crippen LogP contribution in [-0.2, 0) is 9.53 Å². The van der Waals surface area contributed by atoms with Gasteiger partial charge in [0.25, 0.3) is 0 Å². The molecule has 0 radical (unpaired) electrons. The Morgan fingerprint density at radius 3 is 2.79 bits per heavy atom. The number of nitrogens with one attached hydrogen (secondary N) is 2. The molecule has 1 aliphatic rings. The Kier molecular flexibility index (Phi) is 5.96. The van der Waals surface area contributed by atoms with Crippen LogP contribution in [0.5, 0.6) is 0 Å². The summed E-state index contributed by atoms with van der Waals surface area (Å²) in [6.07, 6.45) is 5.18. The molecule has 2 amide bonds. The first-order valence-electron chi connectivity index (χ1n) is 9.41. The van der Waals surface area contributed by atoms with Crippen LogP contribution < -0.4 is 10.6 Å². The molecule has 152 valence electrons. The van der Waals surface area contributed by atoms with Gasteiger partial charge >= 0.3 is 6.09 Å². The fraction of sp³-hybridized carbons (Fsp3) is 0.318. The number of fused-ring (bicyclic) bond motifs is 4. The zero-order valence-corrected chi connectivity index (χ0v) is 16.7. The molecule has 0 aliphatic carbocycles. The number of aromatic nitrogens is 1. The van der Waals surface area contributed by atoms with Crippen LogP contribution in [0.3, 0.4) is 0 Å². The Bertz CT molecular complexity index is 951. The van der Waals surface area contributed by atoms with Crippen LogP contribution in [0, 0.1) is 5.82 Å². The molecule has 0 saturated carbocycles. The lowest BCUT2D eigenvalue weighted by molar-refractivity contribution is -0.115. The first-order chi connectivity index (χ1) is 13.7. The van der Waals surface area contributed by atoms with Gasteiger partial charge in [-0.2, -0.15) is 0 Å². The first kappa shape index (κ1) is 20.5. The average molecular weight is 397 g/mol. The summed E-state index contributed by atoms with van der Waals surface area (Å²) >= 11 is 0. The second-order valence-electron chi connectivity index (χ2n) is 7.82. The number of carbonyl (C=O) groups excluding carboxylic acids is 2. The Balaban J connectivity index is 2.00. The van der Waals surface area contributed by atoms with E-state index in [0.717, 1.165) is 5.56 Å². The number of anilines is 1. The molecule has 1 aliphatic heterocycles. The summed E-state index contributed by atoms with van der Waals surface area (Å²) in [7, 11) is 0. The molecule has 1 atom stereocenters. The number of benzene rings is 1. The maximum absolute atomic E-state index is 13.8. The molecule has 1 unspecified atom stereocenters. The maximum atomic E-state index is 13.8. The Morgan fingerprint density at radius 2 is 2.03 bits per heavy atom. The molecule has 3 rings (SSSR count). The van der Waals surface area contributed by atoms with Gasteiger partial charge in [0, 0.05) is 18.2 Å². The highest BCUT2D eigenvalue weighted by atomic mass is 19.1. The number of hydrogen-bond donors (Lipinski definition) is 2. The quantitative estimate of drug-likeness (QED) is 0.681. The number of ether oxygens (including phenoxy) is 1. The summed E-state index contributed by atoms with van der Waals surface area (Å²) in [5.41, 5.74) is 1.83. The Morgan fingerprint density at radius 1 is 1.24 bits per heavy atom. The number of halogens is 1. The van der Waals surface area contributed by atoms with Crippen LogP contribution >= 0.6 is 0 Å². The summed E-state index contributed by atoms with van der Waals surface area (Å²) in [6.45, 7) is 5.38. The number of nitrogens with zero attached hydrogens (tertiary/aromatic N) is 1. The standard InChI is InChI=1S/C22H24FN3O3/c1-22(2,3)29-21(28)26-17-6-4-5-7-20(27)25-18-13-15(23)8-9-16(18)14-10-11-24-19(17)12-14/h4-5,8-13,17H,6-7H2,1-3H3,(H,25,27)(H,26,28). The van der Waals surface area contributed by atoms with Crippen molar-refractivity contribution < 1.29 is 18.7 Å². The molecular weight excluding hydrogens is 373 g/mol. The van der Waals surface area contributed by atoms with Gasteiger partial charge in [-0.3, -0.25) is 9.78 Å². The van der Waals surface area contributed by atoms with Gasteiger partial charge in [-0.1, -0.05) is 12.2 Å². The van der Waals surface area contributed by atoms with E-state index in [1.165, 1.54) is 12.1 Å². The van der Waals surface area contributed by atoms with E-state index in [0.29, 0.717) is 23.4 Å². The largest absolute Gasteiger partial charge is 0.444 e. The van der Waals surface area contributed by atoms with E-state index < -0.39 is 23.6 Å². The van der Waals surface area contributed by atoms with Gasteiger partial charge in [0.05, 0.1) is 17.4 Å². The van der Waals surface area contributed by atoms with Crippen molar-refractivity contribution in [3.8, 4) is 11.1 Å². The monoisotopic (exact) mass is 397 g/mol. The summed E-state index contributed by atoms with van der Waals surface area (Å²) in [5, 5.41) is 5.60. The Labute approximate surface area is 169 Å². The van der Waals surface area contributed by atoms with Crippen molar-refractivity contribution in [2.75, 3.05) is 5.32 Å². The van der Waals surface area contributed by atoms with E-state index in [1.54, 1.807) is 45.2 Å². The minimum absolute atomic E-state index is 0.135. The molecule has 0 fully saturated rings. The van der Waals surface area contributed by atoms with Gasteiger partial charge in [-0.05, 0) is 63.1 Å². The summed E-state index contributed by atoms with van der Waals surface area (Å²) < 4.78 is 19.1. The summed E-state index contributed by atoms with van der Waals surface area (Å²) in [5.74, 6) is -0.690. The third kappa shape index (κ3) is 5.63. The topological polar surface area (TPSA) is 80.3 Å². The van der Waals surface area contributed by atoms with Crippen LogP contribution in [0.2, 0.25) is 0 Å². The van der Waals surface area contributed by atoms with Crippen LogP contribution in [0.15, 0.2) is 48.7 Å². The van der Waals surface area contributed by atoms with Crippen molar-refractivity contribution in [3.63, 3.8) is 0 Å². The van der Waals surface area contributed by atoms with E-state index in [9.17, 15) is 14.0 Å². The lowest BCUT2D eigenvalue weighted by atomic mass is 10.00. The molecular formula is C22H24FN3O3. The van der Waals surface area contributed by atoms with Crippen molar-refractivity contribution in [1.29, 1.82) is 0 Å². The fourth-order valence-corrected chi connectivity index (χ4v) is 3.01. The van der Waals surface area contributed by atoms with Crippen LogP contribution in [0.25, 0.3) is 11.1 Å². The molecule has 0 saturated heterocycles. The molecule has 2 N–H and O–H groups in total. The molecule has 1 aromatic heterocycles. The summed E-state index contributed by atoms with van der Waals surface area (Å²) in [4.78, 5) is 28.9. The fourth-order valence-electron chi connectivity index (χ4n) is 3.01. The van der Waals surface area contributed by atoms with Crippen LogP contribution in [0.1, 0.15) is 45.3 Å². The minimum atomic E-state index is -0.623. The SMILES string of the molecule is CC(C)(C)OC(=O)NC1CC=CCC(=O)Nc2cc(F)ccc2-c2ccnc1c2. The third-order valence-corrected chi connectivity index (χ3v) is 4.24.